The first-order valence-electron chi connectivity index (χ1n) is 9.75. The third-order valence-electron chi connectivity index (χ3n) is 4.87. The molecule has 0 saturated carbocycles. The summed E-state index contributed by atoms with van der Waals surface area (Å²) in [4.78, 5) is 23.2. The van der Waals surface area contributed by atoms with Crippen molar-refractivity contribution in [2.24, 2.45) is 5.10 Å². The van der Waals surface area contributed by atoms with Gasteiger partial charge in [0.2, 0.25) is 0 Å². The van der Waals surface area contributed by atoms with E-state index in [4.69, 9.17) is 4.74 Å². The average molecular weight is 539 g/mol. The molecule has 0 N–H and O–H groups in total. The number of hydrogen-bond donors (Lipinski definition) is 0. The van der Waals surface area contributed by atoms with Crippen molar-refractivity contribution in [3.8, 4) is 5.75 Å². The standard InChI is InChI=1S/C24H18IN3O4/c1-16-21(24(29)27(26-16)19-5-3-2-4-6-19)13-18-9-12-23(22(25)14-18)32-15-17-7-10-20(11-8-17)28(30)31/h2-14H,15H2,1H3/b21-13+. The summed E-state index contributed by atoms with van der Waals surface area (Å²) in [5, 5.41) is 16.6. The molecule has 1 heterocycles. The summed E-state index contributed by atoms with van der Waals surface area (Å²) >= 11 is 2.18. The van der Waals surface area contributed by atoms with Crippen LogP contribution in [-0.4, -0.2) is 16.5 Å². The number of rotatable bonds is 6. The van der Waals surface area contributed by atoms with E-state index in [1.807, 2.05) is 61.5 Å². The van der Waals surface area contributed by atoms with Gasteiger partial charge < -0.3 is 4.74 Å². The molecule has 0 unspecified atom stereocenters. The first-order valence-corrected chi connectivity index (χ1v) is 10.8. The summed E-state index contributed by atoms with van der Waals surface area (Å²) in [5.74, 6) is 0.530. The lowest BCUT2D eigenvalue weighted by Gasteiger charge is -2.11. The van der Waals surface area contributed by atoms with Crippen molar-refractivity contribution >= 4 is 51.7 Å². The number of amides is 1. The number of halogens is 1. The fraction of sp³-hybridized carbons (Fsp3) is 0.0833. The number of anilines is 1. The van der Waals surface area contributed by atoms with Gasteiger partial charge in [-0.05, 0) is 83.1 Å². The van der Waals surface area contributed by atoms with Gasteiger partial charge in [-0.25, -0.2) is 0 Å². The van der Waals surface area contributed by atoms with Crippen LogP contribution >= 0.6 is 22.6 Å². The minimum Gasteiger partial charge on any atom is -0.488 e. The van der Waals surface area contributed by atoms with Crippen LogP contribution in [0.5, 0.6) is 5.75 Å². The molecule has 7 nitrogen and oxygen atoms in total. The Balaban J connectivity index is 1.47. The first-order chi connectivity index (χ1) is 15.4. The maximum Gasteiger partial charge on any atom is 0.280 e. The van der Waals surface area contributed by atoms with Crippen molar-refractivity contribution in [1.29, 1.82) is 0 Å². The molecule has 4 rings (SSSR count). The highest BCUT2D eigenvalue weighted by Gasteiger charge is 2.28. The minimum atomic E-state index is -0.429. The molecule has 0 spiro atoms. The summed E-state index contributed by atoms with van der Waals surface area (Å²) in [6.45, 7) is 2.12. The molecule has 0 bridgehead atoms. The zero-order valence-corrected chi connectivity index (χ0v) is 19.2. The van der Waals surface area contributed by atoms with Crippen LogP contribution in [0.2, 0.25) is 0 Å². The number of nitro benzene ring substituents is 1. The van der Waals surface area contributed by atoms with Gasteiger partial charge in [0.1, 0.15) is 12.4 Å². The largest absolute Gasteiger partial charge is 0.488 e. The van der Waals surface area contributed by atoms with Gasteiger partial charge >= 0.3 is 0 Å². The number of carbonyl (C=O) groups is 1. The van der Waals surface area contributed by atoms with E-state index >= 15 is 0 Å². The van der Waals surface area contributed by atoms with Gasteiger partial charge in [0.05, 0.1) is 25.5 Å². The molecule has 1 aliphatic rings. The third-order valence-corrected chi connectivity index (χ3v) is 5.71. The predicted molar refractivity (Wildman–Crippen MR) is 132 cm³/mol. The van der Waals surface area contributed by atoms with E-state index in [1.165, 1.54) is 17.1 Å². The molecule has 160 valence electrons. The van der Waals surface area contributed by atoms with Crippen LogP contribution in [0.25, 0.3) is 6.08 Å². The van der Waals surface area contributed by atoms with Gasteiger partial charge in [-0.3, -0.25) is 14.9 Å². The van der Waals surface area contributed by atoms with E-state index in [9.17, 15) is 14.9 Å². The molecular weight excluding hydrogens is 521 g/mol. The Morgan fingerprint density at radius 1 is 1.09 bits per heavy atom. The van der Waals surface area contributed by atoms with Crippen LogP contribution in [0.4, 0.5) is 11.4 Å². The van der Waals surface area contributed by atoms with Crippen molar-refractivity contribution in [2.75, 3.05) is 5.01 Å². The first kappa shape index (κ1) is 21.7. The lowest BCUT2D eigenvalue weighted by molar-refractivity contribution is -0.384. The summed E-state index contributed by atoms with van der Waals surface area (Å²) in [5.41, 5.74) is 3.68. The Morgan fingerprint density at radius 2 is 1.81 bits per heavy atom. The molecule has 8 heteroatoms. The number of ether oxygens (including phenoxy) is 1. The Bertz CT molecular complexity index is 1240. The van der Waals surface area contributed by atoms with E-state index in [1.54, 1.807) is 12.1 Å². The Kier molecular flexibility index (Phi) is 6.31. The molecule has 1 aliphatic heterocycles. The summed E-state index contributed by atoms with van der Waals surface area (Å²) in [6.07, 6.45) is 1.83. The number of non-ortho nitro benzene ring substituents is 1. The van der Waals surface area contributed by atoms with E-state index in [2.05, 4.69) is 27.7 Å². The van der Waals surface area contributed by atoms with Crippen LogP contribution in [0.1, 0.15) is 18.1 Å². The molecule has 32 heavy (non-hydrogen) atoms. The number of benzene rings is 3. The highest BCUT2D eigenvalue weighted by Crippen LogP contribution is 2.28. The van der Waals surface area contributed by atoms with Gasteiger partial charge in [-0.1, -0.05) is 24.3 Å². The zero-order valence-electron chi connectivity index (χ0n) is 17.1. The van der Waals surface area contributed by atoms with Crippen molar-refractivity contribution in [3.05, 3.63) is 103 Å². The second-order valence-electron chi connectivity index (χ2n) is 7.10. The van der Waals surface area contributed by atoms with Crippen molar-refractivity contribution in [2.45, 2.75) is 13.5 Å². The minimum absolute atomic E-state index is 0.0480. The number of hydrazone groups is 1. The Hall–Kier alpha value is -3.53. The van der Waals surface area contributed by atoms with Crippen LogP contribution in [0, 0.1) is 13.7 Å². The topological polar surface area (TPSA) is 85.0 Å². The Labute approximate surface area is 198 Å². The van der Waals surface area contributed by atoms with E-state index < -0.39 is 4.92 Å². The molecule has 0 fully saturated rings. The average Bonchev–Trinajstić information content (AvgIpc) is 3.07. The van der Waals surface area contributed by atoms with Gasteiger partial charge in [0, 0.05) is 12.1 Å². The van der Waals surface area contributed by atoms with E-state index in [0.717, 1.165) is 20.4 Å². The molecule has 0 aliphatic carbocycles. The second kappa shape index (κ2) is 9.31. The maximum absolute atomic E-state index is 12.9. The normalized spacial score (nSPS) is 14.6. The smallest absolute Gasteiger partial charge is 0.280 e. The molecule has 0 atom stereocenters. The molecule has 1 amide bonds. The predicted octanol–water partition coefficient (Wildman–Crippen LogP) is 5.58. The molecule has 0 radical (unpaired) electrons. The SMILES string of the molecule is CC1=NN(c2ccccc2)C(=O)/C1=C/c1ccc(OCc2ccc([N+](=O)[O-])cc2)c(I)c1. The summed E-state index contributed by atoms with van der Waals surface area (Å²) in [7, 11) is 0. The molecular formula is C24H18IN3O4. The fourth-order valence-electron chi connectivity index (χ4n) is 3.19. The summed E-state index contributed by atoms with van der Waals surface area (Å²) in [6, 6.07) is 21.3. The Morgan fingerprint density at radius 3 is 2.47 bits per heavy atom. The molecule has 3 aromatic carbocycles. The van der Waals surface area contributed by atoms with E-state index in [0.29, 0.717) is 23.6 Å². The van der Waals surface area contributed by atoms with Crippen LogP contribution in [-0.2, 0) is 11.4 Å². The van der Waals surface area contributed by atoms with Crippen molar-refractivity contribution < 1.29 is 14.5 Å². The fourth-order valence-corrected chi connectivity index (χ4v) is 3.89. The number of carbonyl (C=O) groups excluding carboxylic acids is 1. The highest BCUT2D eigenvalue weighted by molar-refractivity contribution is 14.1. The van der Waals surface area contributed by atoms with Gasteiger partial charge in [-0.2, -0.15) is 10.1 Å². The molecule has 0 aromatic heterocycles. The van der Waals surface area contributed by atoms with Gasteiger partial charge in [-0.15, -0.1) is 0 Å². The number of nitrogens with zero attached hydrogens (tertiary/aromatic N) is 3. The third kappa shape index (κ3) is 4.70. The van der Waals surface area contributed by atoms with Gasteiger partial charge in [0.15, 0.2) is 0 Å². The van der Waals surface area contributed by atoms with E-state index in [-0.39, 0.29) is 11.6 Å². The zero-order chi connectivity index (χ0) is 22.7. The lowest BCUT2D eigenvalue weighted by atomic mass is 10.1. The highest BCUT2D eigenvalue weighted by atomic mass is 127. The number of para-hydroxylation sites is 1. The quantitative estimate of drug-likeness (QED) is 0.177. The summed E-state index contributed by atoms with van der Waals surface area (Å²) < 4.78 is 6.76. The molecule has 0 saturated heterocycles. The molecule has 3 aromatic rings. The maximum atomic E-state index is 12.9. The van der Waals surface area contributed by atoms with Crippen LogP contribution in [0.3, 0.4) is 0 Å². The van der Waals surface area contributed by atoms with Crippen molar-refractivity contribution in [1.82, 2.24) is 0 Å². The monoisotopic (exact) mass is 539 g/mol. The van der Waals surface area contributed by atoms with Crippen LogP contribution < -0.4 is 9.75 Å². The van der Waals surface area contributed by atoms with Gasteiger partial charge in [0.25, 0.3) is 11.6 Å². The lowest BCUT2D eigenvalue weighted by Crippen LogP contribution is -2.21. The van der Waals surface area contributed by atoms with Crippen LogP contribution in [0.15, 0.2) is 83.5 Å². The van der Waals surface area contributed by atoms with Crippen molar-refractivity contribution in [3.63, 3.8) is 0 Å². The number of nitro groups is 1. The number of hydrogen-bond acceptors (Lipinski definition) is 5. The second-order valence-corrected chi connectivity index (χ2v) is 8.26.